The highest BCUT2D eigenvalue weighted by molar-refractivity contribution is 7.15. The molecule has 1 amide bonds. The van der Waals surface area contributed by atoms with Crippen molar-refractivity contribution in [1.82, 2.24) is 4.90 Å². The summed E-state index contributed by atoms with van der Waals surface area (Å²) in [5.41, 5.74) is 0.498. The third-order valence-corrected chi connectivity index (χ3v) is 4.80. The molecule has 0 saturated heterocycles. The summed E-state index contributed by atoms with van der Waals surface area (Å²) in [6, 6.07) is 9.81. The van der Waals surface area contributed by atoms with E-state index in [9.17, 15) is 14.0 Å². The monoisotopic (exact) mass is 333 g/mol. The van der Waals surface area contributed by atoms with Crippen LogP contribution in [0.15, 0.2) is 36.4 Å². The molecule has 2 aromatic rings. The summed E-state index contributed by atoms with van der Waals surface area (Å²) in [5, 5.41) is 0. The molecular weight excluding hydrogens is 317 g/mol. The van der Waals surface area contributed by atoms with Crippen LogP contribution < -0.4 is 0 Å². The van der Waals surface area contributed by atoms with Crippen molar-refractivity contribution < 1.29 is 18.7 Å². The zero-order valence-electron chi connectivity index (χ0n) is 12.6. The molecular formula is C17H16FNO3S. The van der Waals surface area contributed by atoms with Crippen LogP contribution in [0.2, 0.25) is 0 Å². The van der Waals surface area contributed by atoms with Crippen molar-refractivity contribution in [1.29, 1.82) is 0 Å². The summed E-state index contributed by atoms with van der Waals surface area (Å²) in [4.78, 5) is 26.8. The molecule has 4 nitrogen and oxygen atoms in total. The minimum absolute atomic E-state index is 0.144. The second-order valence-electron chi connectivity index (χ2n) is 5.41. The van der Waals surface area contributed by atoms with Gasteiger partial charge in [-0.2, -0.15) is 0 Å². The molecule has 1 aromatic carbocycles. The average Bonchev–Trinajstić information content (AvgIpc) is 3.28. The molecule has 0 spiro atoms. The third-order valence-electron chi connectivity index (χ3n) is 3.75. The molecule has 0 aliphatic heterocycles. The molecule has 0 radical (unpaired) electrons. The summed E-state index contributed by atoms with van der Waals surface area (Å²) < 4.78 is 18.5. The summed E-state index contributed by atoms with van der Waals surface area (Å²) in [6.07, 6.45) is 1.85. The lowest BCUT2D eigenvalue weighted by molar-refractivity contribution is 0.0606. The number of carbonyl (C=O) groups excluding carboxylic acids is 2. The predicted octanol–water partition coefficient (Wildman–Crippen LogP) is 3.48. The van der Waals surface area contributed by atoms with Gasteiger partial charge in [-0.25, -0.2) is 9.18 Å². The maximum atomic E-state index is 13.9. The fourth-order valence-corrected chi connectivity index (χ4v) is 3.25. The summed E-state index contributed by atoms with van der Waals surface area (Å²) in [5.74, 6) is -0.940. The fraction of sp³-hybridized carbons (Fsp3) is 0.294. The number of amides is 1. The van der Waals surface area contributed by atoms with Gasteiger partial charge in [0.15, 0.2) is 0 Å². The molecule has 3 rings (SSSR count). The number of carbonyl (C=O) groups is 2. The average molecular weight is 333 g/mol. The number of rotatable bonds is 5. The number of methoxy groups -OCH3 is 1. The molecule has 0 unspecified atom stereocenters. The highest BCUT2D eigenvalue weighted by Crippen LogP contribution is 2.31. The summed E-state index contributed by atoms with van der Waals surface area (Å²) in [6.45, 7) is 0.238. The summed E-state index contributed by atoms with van der Waals surface area (Å²) in [7, 11) is 1.30. The van der Waals surface area contributed by atoms with Crippen molar-refractivity contribution >= 4 is 23.2 Å². The van der Waals surface area contributed by atoms with Crippen LogP contribution in [0.25, 0.3) is 0 Å². The topological polar surface area (TPSA) is 46.6 Å². The predicted molar refractivity (Wildman–Crippen MR) is 85.0 cm³/mol. The van der Waals surface area contributed by atoms with Gasteiger partial charge in [0.05, 0.1) is 12.0 Å². The Morgan fingerprint density at radius 1 is 1.22 bits per heavy atom. The largest absolute Gasteiger partial charge is 0.465 e. The lowest BCUT2D eigenvalue weighted by Gasteiger charge is -2.22. The molecule has 120 valence electrons. The van der Waals surface area contributed by atoms with Crippen LogP contribution in [0, 0.1) is 5.82 Å². The Labute approximate surface area is 137 Å². The van der Waals surface area contributed by atoms with Gasteiger partial charge in [-0.15, -0.1) is 11.3 Å². The molecule has 1 heterocycles. The SMILES string of the molecule is COC(=O)c1ccc(C(=O)N(Cc2ccccc2F)C2CC2)s1. The van der Waals surface area contributed by atoms with E-state index in [1.807, 2.05) is 0 Å². The van der Waals surface area contributed by atoms with E-state index in [4.69, 9.17) is 0 Å². The molecule has 0 N–H and O–H groups in total. The number of hydrogen-bond acceptors (Lipinski definition) is 4. The van der Waals surface area contributed by atoms with E-state index in [1.165, 1.54) is 13.2 Å². The van der Waals surface area contributed by atoms with Crippen LogP contribution in [0.1, 0.15) is 37.7 Å². The third kappa shape index (κ3) is 3.42. The quantitative estimate of drug-likeness (QED) is 0.787. The van der Waals surface area contributed by atoms with Gasteiger partial charge in [0.25, 0.3) is 5.91 Å². The maximum Gasteiger partial charge on any atom is 0.348 e. The molecule has 23 heavy (non-hydrogen) atoms. The molecule has 1 aliphatic rings. The molecule has 6 heteroatoms. The van der Waals surface area contributed by atoms with Crippen LogP contribution in [-0.4, -0.2) is 29.9 Å². The van der Waals surface area contributed by atoms with Gasteiger partial charge in [-0.1, -0.05) is 18.2 Å². The van der Waals surface area contributed by atoms with Crippen LogP contribution in [0.4, 0.5) is 4.39 Å². The van der Waals surface area contributed by atoms with Crippen LogP contribution in [0.5, 0.6) is 0 Å². The van der Waals surface area contributed by atoms with Gasteiger partial charge in [0, 0.05) is 18.2 Å². The maximum absolute atomic E-state index is 13.9. The van der Waals surface area contributed by atoms with Gasteiger partial charge in [0.1, 0.15) is 10.7 Å². The highest BCUT2D eigenvalue weighted by atomic mass is 32.1. The Morgan fingerprint density at radius 2 is 1.91 bits per heavy atom. The smallest absolute Gasteiger partial charge is 0.348 e. The molecule has 0 bridgehead atoms. The molecule has 1 saturated carbocycles. The first-order chi connectivity index (χ1) is 11.1. The van der Waals surface area contributed by atoms with Crippen molar-refractivity contribution in [2.24, 2.45) is 0 Å². The first-order valence-electron chi connectivity index (χ1n) is 7.32. The Kier molecular flexibility index (Phi) is 4.43. The first-order valence-corrected chi connectivity index (χ1v) is 8.14. The zero-order chi connectivity index (χ0) is 16.4. The van der Waals surface area contributed by atoms with E-state index < -0.39 is 5.97 Å². The number of esters is 1. The van der Waals surface area contributed by atoms with Gasteiger partial charge in [-0.05, 0) is 31.0 Å². The zero-order valence-corrected chi connectivity index (χ0v) is 13.4. The van der Waals surface area contributed by atoms with Crippen molar-refractivity contribution in [3.05, 3.63) is 57.5 Å². The Hall–Kier alpha value is -2.21. The number of halogens is 1. The van der Waals surface area contributed by atoms with Crippen LogP contribution >= 0.6 is 11.3 Å². The minimum atomic E-state index is -0.457. The Morgan fingerprint density at radius 3 is 2.57 bits per heavy atom. The van der Waals surface area contributed by atoms with Crippen LogP contribution in [-0.2, 0) is 11.3 Å². The standard InChI is InChI=1S/C17H16FNO3S/c1-22-17(21)15-9-8-14(23-15)16(20)19(12-6-7-12)10-11-4-2-3-5-13(11)18/h2-5,8-9,12H,6-7,10H2,1H3. The second kappa shape index (κ2) is 6.50. The number of benzene rings is 1. The molecule has 1 fully saturated rings. The lowest BCUT2D eigenvalue weighted by atomic mass is 10.2. The van der Waals surface area contributed by atoms with Crippen molar-refractivity contribution in [3.8, 4) is 0 Å². The van der Waals surface area contributed by atoms with Gasteiger partial charge < -0.3 is 9.64 Å². The highest BCUT2D eigenvalue weighted by Gasteiger charge is 2.34. The van der Waals surface area contributed by atoms with Crippen LogP contribution in [0.3, 0.4) is 0 Å². The van der Waals surface area contributed by atoms with Gasteiger partial charge >= 0.3 is 5.97 Å². The van der Waals surface area contributed by atoms with Gasteiger partial charge in [0.2, 0.25) is 0 Å². The lowest BCUT2D eigenvalue weighted by Crippen LogP contribution is -2.32. The molecule has 0 atom stereocenters. The fourth-order valence-electron chi connectivity index (χ4n) is 2.37. The summed E-state index contributed by atoms with van der Waals surface area (Å²) >= 11 is 1.10. The van der Waals surface area contributed by atoms with Crippen molar-refractivity contribution in [2.45, 2.75) is 25.4 Å². The Bertz CT molecular complexity index is 739. The molecule has 1 aliphatic carbocycles. The van der Waals surface area contributed by atoms with Crippen molar-refractivity contribution in [2.75, 3.05) is 7.11 Å². The molecule has 1 aromatic heterocycles. The number of hydrogen-bond donors (Lipinski definition) is 0. The number of ether oxygens (including phenoxy) is 1. The normalized spacial score (nSPS) is 13.7. The number of thiophene rings is 1. The minimum Gasteiger partial charge on any atom is -0.465 e. The van der Waals surface area contributed by atoms with E-state index in [1.54, 1.807) is 35.2 Å². The van der Waals surface area contributed by atoms with Crippen molar-refractivity contribution in [3.63, 3.8) is 0 Å². The Balaban J connectivity index is 1.81. The first kappa shape index (κ1) is 15.7. The van der Waals surface area contributed by atoms with E-state index in [0.29, 0.717) is 15.3 Å². The van der Waals surface area contributed by atoms with E-state index in [0.717, 1.165) is 24.2 Å². The van der Waals surface area contributed by atoms with E-state index in [-0.39, 0.29) is 24.3 Å². The van der Waals surface area contributed by atoms with Gasteiger partial charge in [-0.3, -0.25) is 4.79 Å². The van der Waals surface area contributed by atoms with E-state index in [2.05, 4.69) is 4.74 Å². The second-order valence-corrected chi connectivity index (χ2v) is 6.49. The van der Waals surface area contributed by atoms with E-state index >= 15 is 0 Å². The number of nitrogens with zero attached hydrogens (tertiary/aromatic N) is 1.